The van der Waals surface area contributed by atoms with Crippen LogP contribution in [0.3, 0.4) is 0 Å². The summed E-state index contributed by atoms with van der Waals surface area (Å²) >= 11 is 6.14. The normalized spacial score (nSPS) is 14.8. The lowest BCUT2D eigenvalue weighted by Gasteiger charge is -2.27. The Kier molecular flexibility index (Phi) is 3.91. The van der Waals surface area contributed by atoms with Crippen molar-refractivity contribution >= 4 is 40.6 Å². The Morgan fingerprint density at radius 2 is 1.93 bits per heavy atom. The van der Waals surface area contributed by atoms with Crippen LogP contribution in [-0.4, -0.2) is 22.8 Å². The molecule has 0 spiro atoms. The van der Waals surface area contributed by atoms with Crippen LogP contribution < -0.4 is 5.32 Å². The first kappa shape index (κ1) is 16.1. The monoisotopic (exact) mass is 372 g/mol. The van der Waals surface area contributed by atoms with Crippen LogP contribution in [-0.2, 0) is 6.54 Å². The third-order valence-corrected chi connectivity index (χ3v) is 5.10. The smallest absolute Gasteiger partial charge is 0.0918 e. The number of aromatic nitrogens is 1. The maximum absolute atomic E-state index is 6.14. The molecule has 0 amide bonds. The van der Waals surface area contributed by atoms with E-state index in [4.69, 9.17) is 16.6 Å². The van der Waals surface area contributed by atoms with Gasteiger partial charge in [-0.05, 0) is 29.8 Å². The molecule has 5 heteroatoms. The van der Waals surface area contributed by atoms with Gasteiger partial charge >= 0.3 is 0 Å². The number of pyridine rings is 1. The van der Waals surface area contributed by atoms with E-state index in [0.29, 0.717) is 0 Å². The maximum atomic E-state index is 6.14. The first-order valence-corrected chi connectivity index (χ1v) is 9.22. The van der Waals surface area contributed by atoms with Gasteiger partial charge in [0.05, 0.1) is 23.9 Å². The molecule has 5 rings (SSSR count). The molecular formula is C22H17ClN4. The number of benzene rings is 2. The summed E-state index contributed by atoms with van der Waals surface area (Å²) in [7, 11) is 0. The highest BCUT2D eigenvalue weighted by molar-refractivity contribution is 6.30. The van der Waals surface area contributed by atoms with E-state index in [2.05, 4.69) is 39.5 Å². The van der Waals surface area contributed by atoms with Gasteiger partial charge in [0, 0.05) is 46.7 Å². The molecule has 2 aliphatic rings. The quantitative estimate of drug-likeness (QED) is 0.671. The second-order valence-corrected chi connectivity index (χ2v) is 7.13. The highest BCUT2D eigenvalue weighted by Crippen LogP contribution is 2.41. The minimum absolute atomic E-state index is 0.755. The lowest BCUT2D eigenvalue weighted by Crippen LogP contribution is -2.26. The molecule has 4 nitrogen and oxygen atoms in total. The zero-order valence-electron chi connectivity index (χ0n) is 14.6. The Labute approximate surface area is 162 Å². The van der Waals surface area contributed by atoms with Gasteiger partial charge in [0.2, 0.25) is 0 Å². The summed E-state index contributed by atoms with van der Waals surface area (Å²) in [5.41, 5.74) is 7.71. The lowest BCUT2D eigenvalue weighted by molar-refractivity contribution is 0.473. The molecule has 0 saturated heterocycles. The van der Waals surface area contributed by atoms with Crippen LogP contribution in [0.25, 0.3) is 11.3 Å². The molecule has 0 saturated carbocycles. The van der Waals surface area contributed by atoms with E-state index in [0.717, 1.165) is 46.3 Å². The van der Waals surface area contributed by atoms with E-state index in [-0.39, 0.29) is 0 Å². The van der Waals surface area contributed by atoms with Crippen LogP contribution in [0.5, 0.6) is 0 Å². The Balaban J connectivity index is 1.57. The summed E-state index contributed by atoms with van der Waals surface area (Å²) in [4.78, 5) is 11.3. The van der Waals surface area contributed by atoms with Crippen LogP contribution in [0, 0.1) is 0 Å². The standard InChI is InChI=1S/C22H17ClN4/c23-16-5-3-4-15(10-16)12-27-13-19-17-8-9-24-11-21(17)26-20-7-2-1-6-18(20)22(19)25-14-27/h1-11,14,26H,12-13H2. The second kappa shape index (κ2) is 6.56. The average molecular weight is 373 g/mol. The van der Waals surface area contributed by atoms with Crippen molar-refractivity contribution in [3.63, 3.8) is 0 Å². The minimum atomic E-state index is 0.755. The SMILES string of the molecule is Clc1cccc(CN2C=NC3=C(C2)c2ccncc2Nc2ccccc23)c1. The fourth-order valence-corrected chi connectivity index (χ4v) is 3.86. The van der Waals surface area contributed by atoms with Crippen molar-refractivity contribution < 1.29 is 0 Å². The van der Waals surface area contributed by atoms with Gasteiger partial charge in [-0.15, -0.1) is 0 Å². The third-order valence-electron chi connectivity index (χ3n) is 4.87. The van der Waals surface area contributed by atoms with E-state index in [1.165, 1.54) is 11.1 Å². The molecule has 1 N–H and O–H groups in total. The molecule has 3 aromatic rings. The second-order valence-electron chi connectivity index (χ2n) is 6.70. The van der Waals surface area contributed by atoms with Crippen LogP contribution in [0.1, 0.15) is 16.7 Å². The van der Waals surface area contributed by atoms with Gasteiger partial charge in [-0.3, -0.25) is 4.98 Å². The van der Waals surface area contributed by atoms with Crippen molar-refractivity contribution in [1.29, 1.82) is 0 Å². The summed E-state index contributed by atoms with van der Waals surface area (Å²) < 4.78 is 0. The van der Waals surface area contributed by atoms with Gasteiger partial charge in [0.1, 0.15) is 0 Å². The van der Waals surface area contributed by atoms with Crippen LogP contribution in [0.4, 0.5) is 11.4 Å². The van der Waals surface area contributed by atoms with E-state index in [1.807, 2.05) is 49.1 Å². The number of aliphatic imine (C=N–C) groups is 1. The summed E-state index contributed by atoms with van der Waals surface area (Å²) in [6.07, 6.45) is 5.64. The van der Waals surface area contributed by atoms with E-state index >= 15 is 0 Å². The summed E-state index contributed by atoms with van der Waals surface area (Å²) in [5.74, 6) is 0. The predicted molar refractivity (Wildman–Crippen MR) is 111 cm³/mol. The Morgan fingerprint density at radius 1 is 1.00 bits per heavy atom. The summed E-state index contributed by atoms with van der Waals surface area (Å²) in [6, 6.07) is 18.3. The maximum Gasteiger partial charge on any atom is 0.0918 e. The van der Waals surface area contributed by atoms with Gasteiger partial charge in [-0.25, -0.2) is 4.99 Å². The number of hydrogen-bond donors (Lipinski definition) is 1. The van der Waals surface area contributed by atoms with Crippen molar-refractivity contribution in [1.82, 2.24) is 9.88 Å². The summed E-state index contributed by atoms with van der Waals surface area (Å²) in [6.45, 7) is 1.54. The number of para-hydroxylation sites is 1. The number of anilines is 2. The molecule has 0 aliphatic carbocycles. The van der Waals surface area contributed by atoms with E-state index in [1.54, 1.807) is 0 Å². The molecule has 132 valence electrons. The Hall–Kier alpha value is -3.11. The summed E-state index contributed by atoms with van der Waals surface area (Å²) in [5, 5.41) is 4.27. The van der Waals surface area contributed by atoms with Crippen LogP contribution in [0.15, 0.2) is 72.0 Å². The van der Waals surface area contributed by atoms with Crippen LogP contribution in [0.2, 0.25) is 5.02 Å². The van der Waals surface area contributed by atoms with Gasteiger partial charge in [0.15, 0.2) is 0 Å². The Bertz CT molecular complexity index is 1090. The molecule has 3 heterocycles. The number of hydrogen-bond acceptors (Lipinski definition) is 4. The average Bonchev–Trinajstić information content (AvgIpc) is 2.82. The molecule has 0 atom stereocenters. The zero-order valence-corrected chi connectivity index (χ0v) is 15.3. The molecule has 0 bridgehead atoms. The molecule has 0 unspecified atom stereocenters. The minimum Gasteiger partial charge on any atom is -0.354 e. The lowest BCUT2D eigenvalue weighted by atomic mass is 9.99. The predicted octanol–water partition coefficient (Wildman–Crippen LogP) is 5.20. The zero-order chi connectivity index (χ0) is 18.2. The van der Waals surface area contributed by atoms with Crippen molar-refractivity contribution in [2.75, 3.05) is 11.9 Å². The van der Waals surface area contributed by atoms with Gasteiger partial charge < -0.3 is 10.2 Å². The number of fused-ring (bicyclic) bond motifs is 4. The van der Waals surface area contributed by atoms with Crippen LogP contribution >= 0.6 is 11.6 Å². The molecule has 0 fully saturated rings. The van der Waals surface area contributed by atoms with Gasteiger partial charge in [-0.2, -0.15) is 0 Å². The molecule has 27 heavy (non-hydrogen) atoms. The van der Waals surface area contributed by atoms with Gasteiger partial charge in [-0.1, -0.05) is 41.9 Å². The molecule has 2 aromatic carbocycles. The highest BCUT2D eigenvalue weighted by atomic mass is 35.5. The largest absolute Gasteiger partial charge is 0.354 e. The first-order chi connectivity index (χ1) is 13.3. The van der Waals surface area contributed by atoms with E-state index in [9.17, 15) is 0 Å². The third kappa shape index (κ3) is 2.98. The number of nitrogens with zero attached hydrogens (tertiary/aromatic N) is 3. The van der Waals surface area contributed by atoms with E-state index < -0.39 is 0 Å². The number of halogens is 1. The fourth-order valence-electron chi connectivity index (χ4n) is 3.65. The number of nitrogens with one attached hydrogen (secondary N) is 1. The van der Waals surface area contributed by atoms with Crippen molar-refractivity contribution in [2.45, 2.75) is 6.54 Å². The molecule has 1 aromatic heterocycles. The number of rotatable bonds is 2. The fraction of sp³-hybridized carbons (Fsp3) is 0.0909. The molecule has 2 aliphatic heterocycles. The van der Waals surface area contributed by atoms with Gasteiger partial charge in [0.25, 0.3) is 0 Å². The molecule has 0 radical (unpaired) electrons. The topological polar surface area (TPSA) is 40.5 Å². The van der Waals surface area contributed by atoms with Crippen molar-refractivity contribution in [3.8, 4) is 0 Å². The van der Waals surface area contributed by atoms with Crippen molar-refractivity contribution in [2.24, 2.45) is 4.99 Å². The first-order valence-electron chi connectivity index (χ1n) is 8.84. The van der Waals surface area contributed by atoms with Crippen molar-refractivity contribution in [3.05, 3.63) is 88.7 Å². The molecular weight excluding hydrogens is 356 g/mol. The highest BCUT2D eigenvalue weighted by Gasteiger charge is 2.25. The Morgan fingerprint density at radius 3 is 2.85 bits per heavy atom.